The normalized spacial score (nSPS) is 13.7. The Labute approximate surface area is 177 Å². The Balaban J connectivity index is 2.28. The summed E-state index contributed by atoms with van der Waals surface area (Å²) in [7, 11) is -3.33. The molecular formula is C20H14F8O3P+. The summed E-state index contributed by atoms with van der Waals surface area (Å²) in [5, 5.41) is 0. The molecule has 12 heteroatoms. The standard InChI is InChI=1S/C20H14F8O3P/c21-15-5-1-13(2-6-15)17(9-11-19(23,24)25)30-32(29)31-18(10-12-20(26,27)28)14-3-7-16(22)8-4-14/h1-10H,11-12H2/q+1. The van der Waals surface area contributed by atoms with E-state index in [0.29, 0.717) is 12.2 Å². The van der Waals surface area contributed by atoms with Crippen LogP contribution < -0.4 is 0 Å². The molecule has 0 bridgehead atoms. The van der Waals surface area contributed by atoms with E-state index in [1.807, 2.05) is 0 Å². The van der Waals surface area contributed by atoms with E-state index in [2.05, 4.69) is 0 Å². The van der Waals surface area contributed by atoms with Crippen molar-refractivity contribution < 1.29 is 48.7 Å². The van der Waals surface area contributed by atoms with Crippen LogP contribution in [0.2, 0.25) is 0 Å². The van der Waals surface area contributed by atoms with Crippen molar-refractivity contribution in [1.29, 1.82) is 0 Å². The smallest absolute Gasteiger partial charge is 0.222 e. The average molecular weight is 485 g/mol. The van der Waals surface area contributed by atoms with Crippen LogP contribution in [-0.4, -0.2) is 12.4 Å². The lowest BCUT2D eigenvalue weighted by Crippen LogP contribution is -2.05. The summed E-state index contributed by atoms with van der Waals surface area (Å²) in [6.07, 6.45) is -11.2. The van der Waals surface area contributed by atoms with Gasteiger partial charge in [-0.25, -0.2) is 17.8 Å². The third kappa shape index (κ3) is 9.05. The fourth-order valence-electron chi connectivity index (χ4n) is 2.24. The molecule has 2 rings (SSSR count). The minimum absolute atomic E-state index is 0.0785. The van der Waals surface area contributed by atoms with Crippen LogP contribution in [0.15, 0.2) is 60.7 Å². The van der Waals surface area contributed by atoms with Gasteiger partial charge >= 0.3 is 20.6 Å². The van der Waals surface area contributed by atoms with Crippen molar-refractivity contribution in [3.05, 3.63) is 83.4 Å². The summed E-state index contributed by atoms with van der Waals surface area (Å²) in [4.78, 5) is 0. The van der Waals surface area contributed by atoms with Crippen LogP contribution in [0.1, 0.15) is 24.0 Å². The van der Waals surface area contributed by atoms with Crippen LogP contribution >= 0.6 is 8.25 Å². The van der Waals surface area contributed by atoms with Crippen molar-refractivity contribution in [2.45, 2.75) is 25.2 Å². The van der Waals surface area contributed by atoms with Crippen LogP contribution in [0.3, 0.4) is 0 Å². The van der Waals surface area contributed by atoms with Gasteiger partial charge < -0.3 is 0 Å². The molecule has 2 aromatic carbocycles. The summed E-state index contributed by atoms with van der Waals surface area (Å²) in [6, 6.07) is 7.90. The van der Waals surface area contributed by atoms with Gasteiger partial charge in [0.05, 0.1) is 12.8 Å². The van der Waals surface area contributed by atoms with E-state index < -0.39 is 56.6 Å². The number of rotatable bonds is 8. The number of halogens is 8. The van der Waals surface area contributed by atoms with E-state index in [-0.39, 0.29) is 11.1 Å². The van der Waals surface area contributed by atoms with Crippen molar-refractivity contribution >= 4 is 19.8 Å². The Kier molecular flexibility index (Phi) is 8.38. The molecule has 0 spiro atoms. The lowest BCUT2D eigenvalue weighted by atomic mass is 10.1. The van der Waals surface area contributed by atoms with Gasteiger partial charge in [0.1, 0.15) is 11.6 Å². The van der Waals surface area contributed by atoms with Crippen LogP contribution in [0.4, 0.5) is 35.1 Å². The van der Waals surface area contributed by atoms with Gasteiger partial charge in [0.15, 0.2) is 11.5 Å². The predicted molar refractivity (Wildman–Crippen MR) is 99.9 cm³/mol. The van der Waals surface area contributed by atoms with Crippen molar-refractivity contribution in [2.24, 2.45) is 0 Å². The predicted octanol–water partition coefficient (Wildman–Crippen LogP) is 7.94. The van der Waals surface area contributed by atoms with E-state index in [9.17, 15) is 39.7 Å². The molecule has 3 nitrogen and oxygen atoms in total. The molecule has 0 aliphatic heterocycles. The maximum Gasteiger partial charge on any atom is 0.805 e. The minimum Gasteiger partial charge on any atom is -0.222 e. The summed E-state index contributed by atoms with van der Waals surface area (Å²) in [5.74, 6) is -2.56. The summed E-state index contributed by atoms with van der Waals surface area (Å²) >= 11 is 0. The summed E-state index contributed by atoms with van der Waals surface area (Å²) in [5.41, 5.74) is -0.157. The van der Waals surface area contributed by atoms with Gasteiger partial charge in [0.25, 0.3) is 0 Å². The minimum atomic E-state index is -4.65. The lowest BCUT2D eigenvalue weighted by molar-refractivity contribution is -0.125. The molecule has 0 fully saturated rings. The first kappa shape index (κ1) is 25.3. The Bertz CT molecular complexity index is 898. The van der Waals surface area contributed by atoms with E-state index in [0.717, 1.165) is 48.5 Å². The fourth-order valence-corrected chi connectivity index (χ4v) is 2.96. The first-order valence-electron chi connectivity index (χ1n) is 8.71. The maximum absolute atomic E-state index is 13.1. The molecule has 2 aromatic rings. The molecule has 0 N–H and O–H groups in total. The van der Waals surface area contributed by atoms with Crippen molar-refractivity contribution in [1.82, 2.24) is 0 Å². The van der Waals surface area contributed by atoms with E-state index in [1.54, 1.807) is 0 Å². The maximum atomic E-state index is 13.1. The quantitative estimate of drug-likeness (QED) is 0.216. The number of alkyl halides is 6. The second-order valence-electron chi connectivity index (χ2n) is 6.20. The second kappa shape index (κ2) is 10.6. The highest BCUT2D eigenvalue weighted by molar-refractivity contribution is 7.34. The fraction of sp³-hybridized carbons (Fsp3) is 0.200. The van der Waals surface area contributed by atoms with Crippen LogP contribution in [0, 0.1) is 11.6 Å². The zero-order valence-electron chi connectivity index (χ0n) is 15.9. The molecule has 0 radical (unpaired) electrons. The molecule has 0 aliphatic rings. The zero-order valence-corrected chi connectivity index (χ0v) is 16.8. The first-order chi connectivity index (χ1) is 14.8. The summed E-state index contributed by atoms with van der Waals surface area (Å²) in [6.45, 7) is 0. The number of allylic oxidation sites excluding steroid dienone is 2. The van der Waals surface area contributed by atoms with Crippen LogP contribution in [-0.2, 0) is 13.6 Å². The van der Waals surface area contributed by atoms with E-state index in [1.165, 1.54) is 0 Å². The van der Waals surface area contributed by atoms with Gasteiger partial charge in [-0.15, -0.1) is 0 Å². The van der Waals surface area contributed by atoms with Gasteiger partial charge in [-0.05, 0) is 60.7 Å². The third-order valence-electron chi connectivity index (χ3n) is 3.64. The molecule has 0 amide bonds. The van der Waals surface area contributed by atoms with Gasteiger partial charge in [0.2, 0.25) is 0 Å². The molecule has 172 valence electrons. The molecule has 0 aliphatic carbocycles. The van der Waals surface area contributed by atoms with Gasteiger partial charge in [-0.3, -0.25) is 0 Å². The average Bonchev–Trinajstić information content (AvgIpc) is 2.68. The van der Waals surface area contributed by atoms with Crippen LogP contribution in [0.5, 0.6) is 0 Å². The molecule has 0 heterocycles. The largest absolute Gasteiger partial charge is 0.805 e. The Morgan fingerprint density at radius 2 is 1.00 bits per heavy atom. The van der Waals surface area contributed by atoms with Crippen molar-refractivity contribution in [3.63, 3.8) is 0 Å². The zero-order chi connectivity index (χ0) is 23.9. The summed E-state index contributed by atoms with van der Waals surface area (Å²) < 4.78 is 124. The molecule has 0 saturated heterocycles. The van der Waals surface area contributed by atoms with E-state index >= 15 is 0 Å². The number of hydrogen-bond donors (Lipinski definition) is 0. The molecule has 0 unspecified atom stereocenters. The molecule has 0 atom stereocenters. The Morgan fingerprint density at radius 3 is 1.28 bits per heavy atom. The van der Waals surface area contributed by atoms with E-state index in [4.69, 9.17) is 9.05 Å². The highest BCUT2D eigenvalue weighted by Crippen LogP contribution is 2.39. The third-order valence-corrected chi connectivity index (χ3v) is 4.33. The molecule has 0 saturated carbocycles. The van der Waals surface area contributed by atoms with Crippen molar-refractivity contribution in [3.8, 4) is 0 Å². The highest BCUT2D eigenvalue weighted by Gasteiger charge is 2.32. The Hall–Kier alpha value is -2.94. The Morgan fingerprint density at radius 1 is 0.688 bits per heavy atom. The van der Waals surface area contributed by atoms with Gasteiger partial charge in [0, 0.05) is 15.7 Å². The second-order valence-corrected chi connectivity index (χ2v) is 7.01. The molecule has 32 heavy (non-hydrogen) atoms. The number of benzene rings is 2. The lowest BCUT2D eigenvalue weighted by Gasteiger charge is -2.06. The monoisotopic (exact) mass is 485 g/mol. The number of hydrogen-bond acceptors (Lipinski definition) is 3. The first-order valence-corrected chi connectivity index (χ1v) is 9.81. The highest BCUT2D eigenvalue weighted by atomic mass is 31.1. The van der Waals surface area contributed by atoms with Crippen molar-refractivity contribution in [2.75, 3.05) is 0 Å². The van der Waals surface area contributed by atoms with Gasteiger partial charge in [-0.2, -0.15) is 26.3 Å². The topological polar surface area (TPSA) is 35.5 Å². The molecule has 0 aromatic heterocycles. The molecular weight excluding hydrogens is 471 g/mol. The van der Waals surface area contributed by atoms with Gasteiger partial charge in [-0.1, -0.05) is 0 Å². The van der Waals surface area contributed by atoms with Crippen LogP contribution in [0.25, 0.3) is 11.5 Å². The SMILES string of the molecule is O=[P+](OC(=CCC(F)(F)F)c1ccc(F)cc1)OC(=CCC(F)(F)F)c1ccc(F)cc1.